The van der Waals surface area contributed by atoms with Crippen LogP contribution in [0.4, 0.5) is 0 Å². The molecule has 0 unspecified atom stereocenters. The van der Waals surface area contributed by atoms with Gasteiger partial charge in [-0.2, -0.15) is 0 Å². The first-order valence-electron chi connectivity index (χ1n) is 19.5. The molecule has 19 heteroatoms. The van der Waals surface area contributed by atoms with Crippen molar-refractivity contribution in [1.29, 1.82) is 0 Å². The first kappa shape index (κ1) is 41.8. The molecule has 2 aromatic heterocycles. The molecule has 0 spiro atoms. The molecule has 3 aliphatic heterocycles. The second kappa shape index (κ2) is 17.6. The number of nitrogens with two attached hydrogens (primary N) is 2. The summed E-state index contributed by atoms with van der Waals surface area (Å²) >= 11 is 0. The molecule has 0 amide bonds. The van der Waals surface area contributed by atoms with Crippen LogP contribution in [0.2, 0.25) is 0 Å². The Hall–Kier alpha value is -5.90. The van der Waals surface area contributed by atoms with Crippen LogP contribution in [0.15, 0.2) is 79.3 Å². The molecule has 8 rings (SSSR count). The summed E-state index contributed by atoms with van der Waals surface area (Å²) in [4.78, 5) is 26.7. The number of carboxylic acids is 1. The Morgan fingerprint density at radius 1 is 0.934 bits per heavy atom. The van der Waals surface area contributed by atoms with Gasteiger partial charge in [0.2, 0.25) is 12.0 Å². The smallest absolute Gasteiger partial charge is 0.317 e. The van der Waals surface area contributed by atoms with Crippen molar-refractivity contribution in [1.82, 2.24) is 9.55 Å². The van der Waals surface area contributed by atoms with Gasteiger partial charge in [-0.15, -0.1) is 0 Å². The maximum Gasteiger partial charge on any atom is 0.317 e. The second-order valence-electron chi connectivity index (χ2n) is 15.0. The number of carbonyl (C=O) groups is 2. The molecule has 0 bridgehead atoms. The number of hydrogen-bond acceptors (Lipinski definition) is 16. The van der Waals surface area contributed by atoms with Crippen LogP contribution in [-0.4, -0.2) is 121 Å². The van der Waals surface area contributed by atoms with E-state index in [1.165, 1.54) is 0 Å². The molecular formula is C42H46N4O15. The number of aliphatic hydroxyl groups is 5. The van der Waals surface area contributed by atoms with Crippen molar-refractivity contribution in [2.45, 2.75) is 80.5 Å². The Morgan fingerprint density at radius 2 is 1.74 bits per heavy atom. The highest BCUT2D eigenvalue weighted by molar-refractivity contribution is 5.90. The van der Waals surface area contributed by atoms with Gasteiger partial charge in [0.25, 0.3) is 0 Å². The van der Waals surface area contributed by atoms with Crippen LogP contribution in [0.1, 0.15) is 40.7 Å². The van der Waals surface area contributed by atoms with Crippen LogP contribution in [0, 0.1) is 0 Å². The molecule has 5 heterocycles. The summed E-state index contributed by atoms with van der Waals surface area (Å²) in [6.45, 7) is -0.741. The maximum atomic E-state index is 12.3. The van der Waals surface area contributed by atoms with Crippen LogP contribution < -0.4 is 35.2 Å². The number of esters is 1. The van der Waals surface area contributed by atoms with Crippen LogP contribution in [-0.2, 0) is 32.0 Å². The van der Waals surface area contributed by atoms with Crippen molar-refractivity contribution in [2.24, 2.45) is 11.5 Å². The van der Waals surface area contributed by atoms with Crippen molar-refractivity contribution in [3.8, 4) is 28.7 Å². The van der Waals surface area contributed by atoms with E-state index in [9.17, 15) is 35.1 Å². The third kappa shape index (κ3) is 8.42. The van der Waals surface area contributed by atoms with Gasteiger partial charge < -0.3 is 84.8 Å². The number of fused-ring (bicyclic) bond motifs is 6. The van der Waals surface area contributed by atoms with Gasteiger partial charge in [0, 0.05) is 54.1 Å². The Kier molecular flexibility index (Phi) is 12.1. The van der Waals surface area contributed by atoms with Gasteiger partial charge >= 0.3 is 11.9 Å². The lowest BCUT2D eigenvalue weighted by Gasteiger charge is -2.43. The number of nitrogens with zero attached hydrogens (tertiary/aromatic N) is 1. The Labute approximate surface area is 347 Å². The third-order valence-electron chi connectivity index (χ3n) is 10.9. The van der Waals surface area contributed by atoms with E-state index in [1.54, 1.807) is 18.2 Å². The Morgan fingerprint density at radius 3 is 2.46 bits per heavy atom. The molecule has 5 aromatic rings. The van der Waals surface area contributed by atoms with E-state index in [0.29, 0.717) is 29.0 Å². The summed E-state index contributed by atoms with van der Waals surface area (Å²) < 4.78 is 44.6. The number of benzene rings is 3. The van der Waals surface area contributed by atoms with Crippen LogP contribution in [0.25, 0.3) is 10.9 Å². The van der Waals surface area contributed by atoms with Gasteiger partial charge in [0.15, 0.2) is 24.4 Å². The second-order valence-corrected chi connectivity index (χ2v) is 15.0. The Bertz CT molecular complexity index is 2320. The number of aromatic amines is 1. The molecule has 3 aliphatic rings. The topological polar surface area (TPSA) is 293 Å². The number of hydrogen-bond donors (Lipinski definition) is 9. The molecule has 1 saturated heterocycles. The van der Waals surface area contributed by atoms with E-state index >= 15 is 0 Å². The number of rotatable bonds is 16. The maximum absolute atomic E-state index is 12.3. The van der Waals surface area contributed by atoms with E-state index in [1.807, 2.05) is 65.6 Å². The largest absolute Gasteiger partial charge is 0.489 e. The zero-order valence-electron chi connectivity index (χ0n) is 32.5. The predicted octanol–water partition coefficient (Wildman–Crippen LogP) is 0.755. The number of carboxylic acid groups (broad SMARTS) is 1. The predicted molar refractivity (Wildman–Crippen MR) is 211 cm³/mol. The molecule has 0 saturated carbocycles. The average Bonchev–Trinajstić information content (AvgIpc) is 3.94. The minimum absolute atomic E-state index is 0.0748. The van der Waals surface area contributed by atoms with E-state index < -0.39 is 86.3 Å². The van der Waals surface area contributed by atoms with Crippen molar-refractivity contribution >= 4 is 22.8 Å². The van der Waals surface area contributed by atoms with Crippen LogP contribution >= 0.6 is 0 Å². The summed E-state index contributed by atoms with van der Waals surface area (Å²) in [6, 6.07) is 18.5. The van der Waals surface area contributed by atoms with Gasteiger partial charge in [-0.25, -0.2) is 0 Å². The summed E-state index contributed by atoms with van der Waals surface area (Å²) in [5.41, 5.74) is 15.7. The number of carbonyl (C=O) groups excluding carboxylic acids is 1. The molecule has 61 heavy (non-hydrogen) atoms. The molecule has 0 radical (unpaired) electrons. The van der Waals surface area contributed by atoms with Gasteiger partial charge in [0.1, 0.15) is 61.2 Å². The molecule has 324 valence electrons. The number of aliphatic hydroxyl groups excluding tert-OH is 5. The van der Waals surface area contributed by atoms with Gasteiger partial charge in [-0.3, -0.25) is 9.59 Å². The average molecular weight is 847 g/mol. The van der Waals surface area contributed by atoms with Gasteiger partial charge in [-0.1, -0.05) is 36.4 Å². The molecule has 9 atom stereocenters. The highest BCUT2D eigenvalue weighted by Gasteiger charge is 2.52. The van der Waals surface area contributed by atoms with Crippen LogP contribution in [0.3, 0.4) is 0 Å². The number of H-pyrrole nitrogens is 1. The summed E-state index contributed by atoms with van der Waals surface area (Å²) in [7, 11) is 0. The minimum atomic E-state index is -1.91. The molecule has 1 fully saturated rings. The zero-order valence-corrected chi connectivity index (χ0v) is 32.5. The molecule has 11 N–H and O–H groups in total. The number of aromatic nitrogens is 2. The normalized spacial score (nSPS) is 24.5. The van der Waals surface area contributed by atoms with E-state index in [0.717, 1.165) is 22.0 Å². The SMILES string of the molecule is NC(N)[C@H](OC(=O)CC(=O)O)[C@H]1O[C@@H](Oc2cc(Cn3cc4cc[nH]c4c3)c3c(c2)O[C@@H](Cc2ccccc2)[C@H]2c4ccc(OCO)c(OCCO)c4O[C@@H]32)[C@H](O)[C@@H](O)[C@@H]1O. The fourth-order valence-corrected chi connectivity index (χ4v) is 8.28. The summed E-state index contributed by atoms with van der Waals surface area (Å²) in [5, 5.41) is 62.5. The first-order valence-corrected chi connectivity index (χ1v) is 19.5. The monoisotopic (exact) mass is 846 g/mol. The first-order chi connectivity index (χ1) is 29.4. The highest BCUT2D eigenvalue weighted by atomic mass is 16.7. The summed E-state index contributed by atoms with van der Waals surface area (Å²) in [6.07, 6.45) is -8.33. The van der Waals surface area contributed by atoms with Crippen LogP contribution in [0.5, 0.6) is 28.7 Å². The van der Waals surface area contributed by atoms with Crippen molar-refractivity contribution in [2.75, 3.05) is 20.0 Å². The standard InChI is InChI=1S/C42H46N4O15/c43-41(44)40(59-30(51)15-29(49)50)39-34(53)33(52)35(54)42(61-39)57-23-13-22(17-46-16-21-8-9-45-25(21)18-46)31-28(14-23)58-27(12-20-4-2-1-3-5-20)32-24-6-7-26(56-19-48)37(55-11-10-47)36(24)60-38(31)32/h1-9,13-14,16,18,27,32-35,38-42,45,47-48,52-54H,10-12,15,17,19,43-44H2,(H,49,50)/t27-,32+,33-,34-,35+,38-,39-,40+,42+/m0/s1. The van der Waals surface area contributed by atoms with Crippen molar-refractivity contribution < 1.29 is 73.4 Å². The number of aliphatic carboxylic acids is 1. The Balaban J connectivity index is 1.21. The fraction of sp³-hybridized carbons (Fsp3) is 0.381. The van der Waals surface area contributed by atoms with E-state index in [2.05, 4.69) is 4.98 Å². The molecule has 3 aromatic carbocycles. The molecular weight excluding hydrogens is 800 g/mol. The lowest BCUT2D eigenvalue weighted by Crippen LogP contribution is -2.66. The summed E-state index contributed by atoms with van der Waals surface area (Å²) in [5.74, 6) is -1.88. The molecule has 19 nitrogen and oxygen atoms in total. The lowest BCUT2D eigenvalue weighted by molar-refractivity contribution is -0.291. The van der Waals surface area contributed by atoms with E-state index in [-0.39, 0.29) is 37.0 Å². The quantitative estimate of drug-likeness (QED) is 0.0376. The van der Waals surface area contributed by atoms with Gasteiger partial charge in [0.05, 0.1) is 24.2 Å². The minimum Gasteiger partial charge on any atom is -0.489 e. The highest BCUT2D eigenvalue weighted by Crippen LogP contribution is 2.59. The van der Waals surface area contributed by atoms with Gasteiger partial charge in [-0.05, 0) is 29.3 Å². The number of nitrogens with one attached hydrogen (secondary N) is 1. The lowest BCUT2D eigenvalue weighted by atomic mass is 9.80. The zero-order chi connectivity index (χ0) is 42.9. The molecule has 0 aliphatic carbocycles. The van der Waals surface area contributed by atoms with Crippen molar-refractivity contribution in [3.63, 3.8) is 0 Å². The number of ether oxygens (including phenoxy) is 7. The van der Waals surface area contributed by atoms with Crippen molar-refractivity contribution in [3.05, 3.63) is 102 Å². The fourth-order valence-electron chi connectivity index (χ4n) is 8.28. The van der Waals surface area contributed by atoms with E-state index in [4.69, 9.17) is 49.7 Å². The third-order valence-corrected chi connectivity index (χ3v) is 10.9.